The molecular formula is C21H24F3N3O3S. The van der Waals surface area contributed by atoms with E-state index in [1.807, 2.05) is 6.07 Å². The Morgan fingerprint density at radius 1 is 1.26 bits per heavy atom. The second-order valence-corrected chi connectivity index (χ2v) is 9.45. The molecule has 31 heavy (non-hydrogen) atoms. The first-order valence-corrected chi connectivity index (χ1v) is 11.8. The SMILES string of the molecule is CS(=O)(=O)NCCCNC(=O)c1cnc2c(C3=CCC(C(F)(F)F)CC3)cccc2c1. The molecule has 2 N–H and O–H groups in total. The van der Waals surface area contributed by atoms with E-state index in [2.05, 4.69) is 15.0 Å². The molecule has 0 saturated heterocycles. The summed E-state index contributed by atoms with van der Waals surface area (Å²) in [5.41, 5.74) is 2.63. The molecule has 168 valence electrons. The Bertz CT molecular complexity index is 1100. The van der Waals surface area contributed by atoms with Crippen LogP contribution in [0.5, 0.6) is 0 Å². The number of para-hydroxylation sites is 1. The van der Waals surface area contributed by atoms with E-state index in [0.29, 0.717) is 30.5 Å². The number of benzene rings is 1. The molecule has 1 aliphatic carbocycles. The lowest BCUT2D eigenvalue weighted by Gasteiger charge is -2.24. The number of rotatable bonds is 7. The van der Waals surface area contributed by atoms with Gasteiger partial charge in [0, 0.05) is 30.2 Å². The topological polar surface area (TPSA) is 88.2 Å². The van der Waals surface area contributed by atoms with Crippen LogP contribution in [0.2, 0.25) is 0 Å². The number of hydrogen-bond acceptors (Lipinski definition) is 4. The summed E-state index contributed by atoms with van der Waals surface area (Å²) < 4.78 is 63.1. The molecule has 1 aromatic carbocycles. The van der Waals surface area contributed by atoms with Crippen molar-refractivity contribution in [3.8, 4) is 0 Å². The summed E-state index contributed by atoms with van der Waals surface area (Å²) in [5.74, 6) is -1.63. The first-order valence-electron chi connectivity index (χ1n) is 9.92. The van der Waals surface area contributed by atoms with Crippen LogP contribution in [0.3, 0.4) is 0 Å². The fraction of sp³-hybridized carbons (Fsp3) is 0.429. The number of fused-ring (bicyclic) bond motifs is 1. The zero-order valence-electron chi connectivity index (χ0n) is 17.0. The van der Waals surface area contributed by atoms with Gasteiger partial charge in [-0.25, -0.2) is 13.1 Å². The summed E-state index contributed by atoms with van der Waals surface area (Å²) in [7, 11) is -3.26. The van der Waals surface area contributed by atoms with Gasteiger partial charge in [0.1, 0.15) is 0 Å². The molecule has 1 amide bonds. The van der Waals surface area contributed by atoms with Gasteiger partial charge < -0.3 is 5.32 Å². The highest BCUT2D eigenvalue weighted by Gasteiger charge is 2.39. The Morgan fingerprint density at radius 3 is 2.68 bits per heavy atom. The van der Waals surface area contributed by atoms with Crippen molar-refractivity contribution in [3.63, 3.8) is 0 Å². The van der Waals surface area contributed by atoms with Gasteiger partial charge in [0.2, 0.25) is 10.0 Å². The molecule has 3 rings (SSSR count). The van der Waals surface area contributed by atoms with Crippen LogP contribution in [-0.2, 0) is 10.0 Å². The van der Waals surface area contributed by atoms with Gasteiger partial charge in [-0.1, -0.05) is 24.3 Å². The largest absolute Gasteiger partial charge is 0.392 e. The predicted octanol–water partition coefficient (Wildman–Crippen LogP) is 3.65. The van der Waals surface area contributed by atoms with E-state index in [9.17, 15) is 26.4 Å². The van der Waals surface area contributed by atoms with E-state index in [1.54, 1.807) is 24.3 Å². The van der Waals surface area contributed by atoms with Crippen LogP contribution in [0.15, 0.2) is 36.5 Å². The molecule has 0 spiro atoms. The van der Waals surface area contributed by atoms with Crippen molar-refractivity contribution >= 4 is 32.4 Å². The van der Waals surface area contributed by atoms with Crippen LogP contribution in [0.4, 0.5) is 13.2 Å². The zero-order chi connectivity index (χ0) is 22.6. The van der Waals surface area contributed by atoms with E-state index >= 15 is 0 Å². The third kappa shape index (κ3) is 6.27. The Balaban J connectivity index is 1.69. The minimum absolute atomic E-state index is 0.0378. The fourth-order valence-electron chi connectivity index (χ4n) is 3.57. The lowest BCUT2D eigenvalue weighted by molar-refractivity contribution is -0.175. The molecule has 0 saturated carbocycles. The summed E-state index contributed by atoms with van der Waals surface area (Å²) >= 11 is 0. The highest BCUT2D eigenvalue weighted by atomic mass is 32.2. The molecular weight excluding hydrogens is 431 g/mol. The van der Waals surface area contributed by atoms with E-state index < -0.39 is 22.1 Å². The molecule has 0 bridgehead atoms. The van der Waals surface area contributed by atoms with Crippen LogP contribution in [0.25, 0.3) is 16.5 Å². The first-order chi connectivity index (χ1) is 14.5. The highest BCUT2D eigenvalue weighted by molar-refractivity contribution is 7.88. The molecule has 1 heterocycles. The first kappa shape index (κ1) is 23.2. The Kier molecular flexibility index (Phi) is 7.00. The monoisotopic (exact) mass is 455 g/mol. The van der Waals surface area contributed by atoms with Crippen LogP contribution in [0, 0.1) is 5.92 Å². The second-order valence-electron chi connectivity index (χ2n) is 7.62. The van der Waals surface area contributed by atoms with Gasteiger partial charge >= 0.3 is 6.18 Å². The number of carbonyl (C=O) groups excluding carboxylic acids is 1. The summed E-state index contributed by atoms with van der Waals surface area (Å²) in [6, 6.07) is 7.14. The number of allylic oxidation sites excluding steroid dienone is 2. The smallest absolute Gasteiger partial charge is 0.352 e. The van der Waals surface area contributed by atoms with Gasteiger partial charge in [0.15, 0.2) is 0 Å². The number of hydrogen-bond donors (Lipinski definition) is 2. The van der Waals surface area contributed by atoms with E-state index in [0.717, 1.165) is 22.8 Å². The van der Waals surface area contributed by atoms with Gasteiger partial charge in [-0.05, 0) is 37.3 Å². The number of pyridine rings is 1. The molecule has 0 radical (unpaired) electrons. The average molecular weight is 456 g/mol. The zero-order valence-corrected chi connectivity index (χ0v) is 17.8. The molecule has 0 fully saturated rings. The maximum absolute atomic E-state index is 12.9. The number of nitrogens with one attached hydrogen (secondary N) is 2. The van der Waals surface area contributed by atoms with E-state index in [4.69, 9.17) is 0 Å². The highest BCUT2D eigenvalue weighted by Crippen LogP contribution is 2.40. The normalized spacial score (nSPS) is 17.4. The number of nitrogens with zero attached hydrogens (tertiary/aromatic N) is 1. The van der Waals surface area contributed by atoms with Crippen LogP contribution in [0.1, 0.15) is 41.6 Å². The van der Waals surface area contributed by atoms with Crippen molar-refractivity contribution < 1.29 is 26.4 Å². The molecule has 1 aromatic heterocycles. The van der Waals surface area contributed by atoms with E-state index in [1.165, 1.54) is 6.20 Å². The van der Waals surface area contributed by atoms with Crippen molar-refractivity contribution in [2.24, 2.45) is 5.92 Å². The lowest BCUT2D eigenvalue weighted by atomic mass is 9.85. The minimum Gasteiger partial charge on any atom is -0.352 e. The van der Waals surface area contributed by atoms with Crippen molar-refractivity contribution in [1.29, 1.82) is 0 Å². The third-order valence-corrected chi connectivity index (χ3v) is 5.92. The van der Waals surface area contributed by atoms with Crippen molar-refractivity contribution in [2.45, 2.75) is 31.9 Å². The summed E-state index contributed by atoms with van der Waals surface area (Å²) in [5, 5.41) is 3.44. The van der Waals surface area contributed by atoms with Gasteiger partial charge in [-0.3, -0.25) is 9.78 Å². The Morgan fingerprint density at radius 2 is 2.03 bits per heavy atom. The molecule has 1 unspecified atom stereocenters. The van der Waals surface area contributed by atoms with Gasteiger partial charge in [-0.2, -0.15) is 13.2 Å². The van der Waals surface area contributed by atoms with Gasteiger partial charge in [-0.15, -0.1) is 0 Å². The van der Waals surface area contributed by atoms with Crippen molar-refractivity contribution in [3.05, 3.63) is 47.7 Å². The van der Waals surface area contributed by atoms with Gasteiger partial charge in [0.25, 0.3) is 5.91 Å². The standard InChI is InChI=1S/C21H24F3N3O3S/c1-31(29,30)27-11-3-10-25-20(28)16-12-15-4-2-5-18(19(15)26-13-16)14-6-8-17(9-7-14)21(22,23)24/h2,4-6,12-13,17,27H,3,7-11H2,1H3,(H,25,28). The molecule has 2 aromatic rings. The Hall–Kier alpha value is -2.46. The lowest BCUT2D eigenvalue weighted by Crippen LogP contribution is -2.29. The van der Waals surface area contributed by atoms with Crippen LogP contribution < -0.4 is 10.0 Å². The number of sulfonamides is 1. The summed E-state index contributed by atoms with van der Waals surface area (Å²) in [4.78, 5) is 16.8. The van der Waals surface area contributed by atoms with E-state index in [-0.39, 0.29) is 25.3 Å². The number of alkyl halides is 3. The van der Waals surface area contributed by atoms with Crippen LogP contribution in [-0.4, -0.2) is 44.8 Å². The third-order valence-electron chi connectivity index (χ3n) is 5.20. The molecule has 0 aliphatic heterocycles. The van der Waals surface area contributed by atoms with Crippen molar-refractivity contribution in [1.82, 2.24) is 15.0 Å². The average Bonchev–Trinajstić information content (AvgIpc) is 2.71. The maximum Gasteiger partial charge on any atom is 0.392 e. The van der Waals surface area contributed by atoms with Crippen LogP contribution >= 0.6 is 0 Å². The van der Waals surface area contributed by atoms with Gasteiger partial charge in [0.05, 0.1) is 23.3 Å². The number of amides is 1. The second kappa shape index (κ2) is 9.35. The molecule has 6 nitrogen and oxygen atoms in total. The van der Waals surface area contributed by atoms with Crippen molar-refractivity contribution in [2.75, 3.05) is 19.3 Å². The summed E-state index contributed by atoms with van der Waals surface area (Å²) in [6.45, 7) is 0.523. The molecule has 10 heteroatoms. The molecule has 1 atom stereocenters. The number of carbonyl (C=O) groups is 1. The quantitative estimate of drug-likeness (QED) is 0.624. The fourth-order valence-corrected chi connectivity index (χ4v) is 4.09. The number of halogens is 3. The minimum atomic E-state index is -4.18. The summed E-state index contributed by atoms with van der Waals surface area (Å²) in [6.07, 6.45) is 0.762. The number of aromatic nitrogens is 1. The predicted molar refractivity (Wildman–Crippen MR) is 113 cm³/mol. The maximum atomic E-state index is 12.9. The molecule has 1 aliphatic rings. The Labute approximate surface area is 179 Å².